The molecule has 0 spiro atoms. The van der Waals surface area contributed by atoms with Gasteiger partial charge < -0.3 is 10.2 Å². The molecule has 1 aromatic carbocycles. The van der Waals surface area contributed by atoms with Crippen LogP contribution < -0.4 is 10.9 Å². The Hall–Kier alpha value is -0.803. The van der Waals surface area contributed by atoms with Gasteiger partial charge in [0.05, 0.1) is 0 Å². The second kappa shape index (κ2) is 3.52. The lowest BCUT2D eigenvalue weighted by Gasteiger charge is -2.21. The molecule has 0 amide bonds. The Balaban J connectivity index is 3.10. The van der Waals surface area contributed by atoms with Gasteiger partial charge in [0.1, 0.15) is 0 Å². The smallest absolute Gasteiger partial charge is 0.217 e. The van der Waals surface area contributed by atoms with Crippen molar-refractivity contribution in [3.05, 3.63) is 23.8 Å². The van der Waals surface area contributed by atoms with E-state index in [2.05, 4.69) is 25.2 Å². The lowest BCUT2D eigenvalue weighted by atomic mass is 10.2. The molecule has 0 saturated carbocycles. The second-order valence-electron chi connectivity index (χ2n) is 3.79. The number of anilines is 1. The van der Waals surface area contributed by atoms with Gasteiger partial charge in [0.2, 0.25) is 8.32 Å². The van der Waals surface area contributed by atoms with Crippen LogP contribution in [-0.4, -0.2) is 15.4 Å². The first kappa shape index (κ1) is 10.3. The van der Waals surface area contributed by atoms with Crippen LogP contribution in [0.5, 0.6) is 0 Å². The Morgan fingerprint density at radius 2 is 1.92 bits per heavy atom. The summed E-state index contributed by atoms with van der Waals surface area (Å²) in [4.78, 5) is 0. The van der Waals surface area contributed by atoms with E-state index in [4.69, 9.17) is 10.2 Å². The van der Waals surface area contributed by atoms with Crippen molar-refractivity contribution < 1.29 is 4.43 Å². The molecule has 0 aliphatic rings. The Morgan fingerprint density at radius 3 is 2.38 bits per heavy atom. The van der Waals surface area contributed by atoms with Crippen molar-refractivity contribution in [2.75, 3.05) is 12.8 Å². The molecular formula is C10H17NOSi. The zero-order valence-electron chi connectivity index (χ0n) is 8.72. The molecule has 0 atom stereocenters. The molecule has 72 valence electrons. The molecule has 0 saturated heterocycles. The average Bonchev–Trinajstić information content (AvgIpc) is 2.09. The molecule has 0 radical (unpaired) electrons. The standard InChI is InChI=1S/C10H17NOSi/c1-8-7-9(5-6-10(8)11)13(3,4)12-2/h5-7H,11H2,1-4H3. The maximum absolute atomic E-state index is 5.75. The highest BCUT2D eigenvalue weighted by Crippen LogP contribution is 2.11. The van der Waals surface area contributed by atoms with Gasteiger partial charge in [-0.1, -0.05) is 12.1 Å². The second-order valence-corrected chi connectivity index (χ2v) is 7.79. The molecule has 0 aromatic heterocycles. The molecule has 0 aliphatic carbocycles. The number of rotatable bonds is 2. The summed E-state index contributed by atoms with van der Waals surface area (Å²) in [6.45, 7) is 6.38. The van der Waals surface area contributed by atoms with E-state index in [1.54, 1.807) is 7.11 Å². The Kier molecular flexibility index (Phi) is 2.78. The molecule has 0 heterocycles. The van der Waals surface area contributed by atoms with Crippen LogP contribution in [0.3, 0.4) is 0 Å². The molecule has 0 fully saturated rings. The molecule has 0 aliphatic heterocycles. The van der Waals surface area contributed by atoms with Crippen molar-refractivity contribution in [1.82, 2.24) is 0 Å². The van der Waals surface area contributed by atoms with Gasteiger partial charge in [-0.25, -0.2) is 0 Å². The van der Waals surface area contributed by atoms with Crippen molar-refractivity contribution in [3.8, 4) is 0 Å². The highest BCUT2D eigenvalue weighted by molar-refractivity contribution is 6.84. The minimum Gasteiger partial charge on any atom is -0.416 e. The summed E-state index contributed by atoms with van der Waals surface area (Å²) in [7, 11) is 0.112. The van der Waals surface area contributed by atoms with E-state index in [-0.39, 0.29) is 0 Å². The topological polar surface area (TPSA) is 35.2 Å². The fourth-order valence-corrected chi connectivity index (χ4v) is 2.45. The number of benzene rings is 1. The first-order chi connectivity index (χ1) is 5.97. The SMILES string of the molecule is CO[Si](C)(C)c1ccc(N)c(C)c1. The molecule has 3 heteroatoms. The highest BCUT2D eigenvalue weighted by atomic mass is 28.4. The number of aryl methyl sites for hydroxylation is 1. The van der Waals surface area contributed by atoms with Gasteiger partial charge in [-0.2, -0.15) is 0 Å². The summed E-state index contributed by atoms with van der Waals surface area (Å²) >= 11 is 0. The van der Waals surface area contributed by atoms with Crippen LogP contribution in [0.2, 0.25) is 13.1 Å². The third kappa shape index (κ3) is 2.11. The molecule has 0 bridgehead atoms. The van der Waals surface area contributed by atoms with Crippen LogP contribution in [-0.2, 0) is 4.43 Å². The minimum absolute atomic E-state index is 0.852. The van der Waals surface area contributed by atoms with E-state index in [1.807, 2.05) is 13.0 Å². The van der Waals surface area contributed by atoms with Crippen molar-refractivity contribution >= 4 is 19.2 Å². The summed E-state index contributed by atoms with van der Waals surface area (Å²) in [6.07, 6.45) is 0. The van der Waals surface area contributed by atoms with Gasteiger partial charge in [-0.15, -0.1) is 0 Å². The predicted octanol–water partition coefficient (Wildman–Crippen LogP) is 1.64. The molecule has 1 rings (SSSR count). The third-order valence-corrected chi connectivity index (χ3v) is 5.20. The summed E-state index contributed by atoms with van der Waals surface area (Å²) in [5, 5.41) is 1.29. The van der Waals surface area contributed by atoms with E-state index in [0.29, 0.717) is 0 Å². The Bertz CT molecular complexity index is 310. The lowest BCUT2D eigenvalue weighted by Crippen LogP contribution is -2.43. The summed E-state index contributed by atoms with van der Waals surface area (Å²) in [5.41, 5.74) is 7.73. The van der Waals surface area contributed by atoms with E-state index >= 15 is 0 Å². The Labute approximate surface area is 80.8 Å². The summed E-state index contributed by atoms with van der Waals surface area (Å²) in [5.74, 6) is 0. The van der Waals surface area contributed by atoms with Gasteiger partial charge in [-0.05, 0) is 36.8 Å². The van der Waals surface area contributed by atoms with Crippen LogP contribution in [0.4, 0.5) is 5.69 Å². The number of hydrogen-bond donors (Lipinski definition) is 1. The van der Waals surface area contributed by atoms with Crippen LogP contribution in [0, 0.1) is 6.92 Å². The van der Waals surface area contributed by atoms with Gasteiger partial charge in [0.15, 0.2) is 0 Å². The molecular weight excluding hydrogens is 178 g/mol. The lowest BCUT2D eigenvalue weighted by molar-refractivity contribution is 0.416. The fourth-order valence-electron chi connectivity index (χ4n) is 1.17. The van der Waals surface area contributed by atoms with Crippen LogP contribution in [0.15, 0.2) is 18.2 Å². The maximum Gasteiger partial charge on any atom is 0.217 e. The molecule has 0 unspecified atom stereocenters. The zero-order chi connectivity index (χ0) is 10.1. The quantitative estimate of drug-likeness (QED) is 0.575. The predicted molar refractivity (Wildman–Crippen MR) is 59.7 cm³/mol. The number of nitrogens with two attached hydrogens (primary N) is 1. The number of hydrogen-bond acceptors (Lipinski definition) is 2. The maximum atomic E-state index is 5.75. The third-order valence-electron chi connectivity index (χ3n) is 2.48. The first-order valence-corrected chi connectivity index (χ1v) is 7.30. The van der Waals surface area contributed by atoms with E-state index in [9.17, 15) is 0 Å². The van der Waals surface area contributed by atoms with Crippen LogP contribution in [0.25, 0.3) is 0 Å². The van der Waals surface area contributed by atoms with Crippen molar-refractivity contribution in [2.45, 2.75) is 20.0 Å². The fraction of sp³-hybridized carbons (Fsp3) is 0.400. The minimum atomic E-state index is -1.66. The zero-order valence-corrected chi connectivity index (χ0v) is 9.72. The van der Waals surface area contributed by atoms with Crippen LogP contribution >= 0.6 is 0 Å². The first-order valence-electron chi connectivity index (χ1n) is 4.39. The molecule has 2 N–H and O–H groups in total. The van der Waals surface area contributed by atoms with Gasteiger partial charge in [-0.3, -0.25) is 0 Å². The van der Waals surface area contributed by atoms with E-state index in [0.717, 1.165) is 11.3 Å². The highest BCUT2D eigenvalue weighted by Gasteiger charge is 2.23. The molecule has 2 nitrogen and oxygen atoms in total. The molecule has 1 aromatic rings. The average molecular weight is 195 g/mol. The Morgan fingerprint density at radius 1 is 1.31 bits per heavy atom. The normalized spacial score (nSPS) is 11.7. The molecule has 13 heavy (non-hydrogen) atoms. The van der Waals surface area contributed by atoms with Gasteiger partial charge in [0.25, 0.3) is 0 Å². The van der Waals surface area contributed by atoms with Crippen molar-refractivity contribution in [1.29, 1.82) is 0 Å². The summed E-state index contributed by atoms with van der Waals surface area (Å²) in [6, 6.07) is 6.15. The van der Waals surface area contributed by atoms with E-state index in [1.165, 1.54) is 5.19 Å². The van der Waals surface area contributed by atoms with Crippen molar-refractivity contribution in [2.24, 2.45) is 0 Å². The summed E-state index contributed by atoms with van der Waals surface area (Å²) < 4.78 is 5.52. The van der Waals surface area contributed by atoms with Gasteiger partial charge >= 0.3 is 0 Å². The van der Waals surface area contributed by atoms with Gasteiger partial charge in [0, 0.05) is 12.8 Å². The van der Waals surface area contributed by atoms with Crippen molar-refractivity contribution in [3.63, 3.8) is 0 Å². The largest absolute Gasteiger partial charge is 0.416 e. The van der Waals surface area contributed by atoms with Crippen LogP contribution in [0.1, 0.15) is 5.56 Å². The monoisotopic (exact) mass is 195 g/mol. The number of nitrogen functional groups attached to an aromatic ring is 1. The van der Waals surface area contributed by atoms with E-state index < -0.39 is 8.32 Å².